The number of rotatable bonds is 4. The van der Waals surface area contributed by atoms with Crippen molar-refractivity contribution in [3.8, 4) is 6.07 Å². The van der Waals surface area contributed by atoms with Crippen molar-refractivity contribution in [2.24, 2.45) is 0 Å². The molecule has 1 aliphatic carbocycles. The number of hydrogen-bond donors (Lipinski definition) is 1. The van der Waals surface area contributed by atoms with Crippen molar-refractivity contribution in [1.29, 1.82) is 5.26 Å². The first-order chi connectivity index (χ1) is 9.70. The van der Waals surface area contributed by atoms with Crippen LogP contribution in [0.1, 0.15) is 50.0 Å². The Morgan fingerprint density at radius 3 is 2.70 bits per heavy atom. The first-order valence-corrected chi connectivity index (χ1v) is 7.14. The van der Waals surface area contributed by atoms with Gasteiger partial charge in [-0.15, -0.1) is 0 Å². The number of nitrogens with zero attached hydrogens (tertiary/aromatic N) is 1. The minimum Gasteiger partial charge on any atom is -0.353 e. The van der Waals surface area contributed by atoms with Crippen molar-refractivity contribution in [1.82, 2.24) is 5.32 Å². The van der Waals surface area contributed by atoms with Crippen LogP contribution in [0.25, 0.3) is 0 Å². The topological polar surface area (TPSA) is 52.9 Å². The number of halogens is 1. The van der Waals surface area contributed by atoms with E-state index in [4.69, 9.17) is 5.26 Å². The van der Waals surface area contributed by atoms with Crippen LogP contribution < -0.4 is 5.32 Å². The number of benzene rings is 1. The van der Waals surface area contributed by atoms with Gasteiger partial charge in [-0.05, 0) is 18.9 Å². The molecule has 1 aliphatic rings. The smallest absolute Gasteiger partial charge is 0.221 e. The van der Waals surface area contributed by atoms with E-state index >= 15 is 0 Å². The van der Waals surface area contributed by atoms with Crippen LogP contribution in [0, 0.1) is 17.1 Å². The summed E-state index contributed by atoms with van der Waals surface area (Å²) in [5.41, 5.74) is 0.300. The molecular weight excluding hydrogens is 255 g/mol. The number of carbonyl (C=O) groups is 1. The maximum absolute atomic E-state index is 13.7. The van der Waals surface area contributed by atoms with Crippen molar-refractivity contribution >= 4 is 5.91 Å². The maximum Gasteiger partial charge on any atom is 0.221 e. The summed E-state index contributed by atoms with van der Waals surface area (Å²) in [6.07, 6.45) is 5.53. The van der Waals surface area contributed by atoms with E-state index in [0.717, 1.165) is 25.7 Å². The molecule has 20 heavy (non-hydrogen) atoms. The van der Waals surface area contributed by atoms with Crippen LogP contribution in [0.4, 0.5) is 4.39 Å². The highest BCUT2D eigenvalue weighted by molar-refractivity contribution is 5.77. The molecule has 0 radical (unpaired) electrons. The van der Waals surface area contributed by atoms with E-state index in [1.807, 2.05) is 6.07 Å². The van der Waals surface area contributed by atoms with E-state index in [1.54, 1.807) is 18.2 Å². The third-order valence-electron chi connectivity index (χ3n) is 3.80. The Morgan fingerprint density at radius 1 is 1.35 bits per heavy atom. The van der Waals surface area contributed by atoms with Gasteiger partial charge in [-0.3, -0.25) is 4.79 Å². The molecule has 0 saturated heterocycles. The third-order valence-corrected chi connectivity index (χ3v) is 3.80. The van der Waals surface area contributed by atoms with Crippen LogP contribution in [0.3, 0.4) is 0 Å². The Labute approximate surface area is 118 Å². The highest BCUT2D eigenvalue weighted by atomic mass is 19.1. The number of amides is 1. The van der Waals surface area contributed by atoms with Gasteiger partial charge in [-0.25, -0.2) is 4.39 Å². The SMILES string of the molecule is N#CC(CC(=O)NC1CCCCC1)c1ccccc1F. The van der Waals surface area contributed by atoms with Crippen LogP contribution in [-0.4, -0.2) is 11.9 Å². The average Bonchev–Trinajstić information content (AvgIpc) is 2.46. The predicted molar refractivity (Wildman–Crippen MR) is 74.4 cm³/mol. The van der Waals surface area contributed by atoms with E-state index in [1.165, 1.54) is 12.5 Å². The van der Waals surface area contributed by atoms with Crippen LogP contribution >= 0.6 is 0 Å². The summed E-state index contributed by atoms with van der Waals surface area (Å²) in [7, 11) is 0. The first-order valence-electron chi connectivity index (χ1n) is 7.14. The second kappa shape index (κ2) is 7.04. The Morgan fingerprint density at radius 2 is 2.05 bits per heavy atom. The molecular formula is C16H19FN2O. The van der Waals surface area contributed by atoms with Crippen molar-refractivity contribution in [2.45, 2.75) is 50.5 Å². The molecule has 4 heteroatoms. The molecule has 0 bridgehead atoms. The van der Waals surface area contributed by atoms with Gasteiger partial charge in [-0.2, -0.15) is 5.26 Å². The fraction of sp³-hybridized carbons (Fsp3) is 0.500. The van der Waals surface area contributed by atoms with Gasteiger partial charge < -0.3 is 5.32 Å². The van der Waals surface area contributed by atoms with Crippen molar-refractivity contribution in [2.75, 3.05) is 0 Å². The molecule has 2 rings (SSSR count). The molecule has 1 fully saturated rings. The Balaban J connectivity index is 1.94. The molecule has 1 N–H and O–H groups in total. The minimum atomic E-state index is -0.722. The summed E-state index contributed by atoms with van der Waals surface area (Å²) in [4.78, 5) is 12.0. The summed E-state index contributed by atoms with van der Waals surface area (Å²) in [5.74, 6) is -1.31. The quantitative estimate of drug-likeness (QED) is 0.916. The van der Waals surface area contributed by atoms with Crippen LogP contribution in [0.5, 0.6) is 0 Å². The van der Waals surface area contributed by atoms with Crippen LogP contribution in [0.2, 0.25) is 0 Å². The normalized spacial score (nSPS) is 17.2. The standard InChI is InChI=1S/C16H19FN2O/c17-15-9-5-4-8-14(15)12(11-18)10-16(20)19-13-6-2-1-3-7-13/h4-5,8-9,12-13H,1-3,6-7,10H2,(H,19,20). The molecule has 106 valence electrons. The first kappa shape index (κ1) is 14.5. The van der Waals surface area contributed by atoms with Crippen LogP contribution in [-0.2, 0) is 4.79 Å². The number of nitrogens with one attached hydrogen (secondary N) is 1. The van der Waals surface area contributed by atoms with Gasteiger partial charge in [0.1, 0.15) is 5.82 Å². The summed E-state index contributed by atoms with van der Waals surface area (Å²) in [6, 6.07) is 8.39. The highest BCUT2D eigenvalue weighted by Crippen LogP contribution is 2.23. The number of carbonyl (C=O) groups excluding carboxylic acids is 1. The molecule has 0 heterocycles. The van der Waals surface area contributed by atoms with Gasteiger partial charge in [0.15, 0.2) is 0 Å². The van der Waals surface area contributed by atoms with E-state index in [-0.39, 0.29) is 18.4 Å². The maximum atomic E-state index is 13.7. The van der Waals surface area contributed by atoms with Gasteiger partial charge in [0, 0.05) is 18.0 Å². The molecule has 1 unspecified atom stereocenters. The highest BCUT2D eigenvalue weighted by Gasteiger charge is 2.21. The molecule has 3 nitrogen and oxygen atoms in total. The number of hydrogen-bond acceptors (Lipinski definition) is 2. The summed E-state index contributed by atoms with van der Waals surface area (Å²) in [6.45, 7) is 0. The summed E-state index contributed by atoms with van der Waals surface area (Å²) in [5, 5.41) is 12.1. The lowest BCUT2D eigenvalue weighted by Gasteiger charge is -2.23. The van der Waals surface area contributed by atoms with Gasteiger partial charge in [0.2, 0.25) is 5.91 Å². The molecule has 0 aliphatic heterocycles. The molecule has 1 saturated carbocycles. The van der Waals surface area contributed by atoms with E-state index in [9.17, 15) is 9.18 Å². The van der Waals surface area contributed by atoms with Gasteiger partial charge in [0.25, 0.3) is 0 Å². The van der Waals surface area contributed by atoms with E-state index in [2.05, 4.69) is 5.32 Å². The van der Waals surface area contributed by atoms with E-state index in [0.29, 0.717) is 5.56 Å². The fourth-order valence-corrected chi connectivity index (χ4v) is 2.70. The van der Waals surface area contributed by atoms with Gasteiger partial charge in [-0.1, -0.05) is 37.5 Å². The zero-order valence-electron chi connectivity index (χ0n) is 11.4. The Hall–Kier alpha value is -1.89. The average molecular weight is 274 g/mol. The largest absolute Gasteiger partial charge is 0.353 e. The molecule has 0 aromatic heterocycles. The Bertz CT molecular complexity index is 503. The van der Waals surface area contributed by atoms with Crippen LogP contribution in [0.15, 0.2) is 24.3 Å². The lowest BCUT2D eigenvalue weighted by atomic mass is 9.93. The predicted octanol–water partition coefficient (Wildman–Crippen LogP) is 3.27. The molecule has 1 atom stereocenters. The molecule has 0 spiro atoms. The van der Waals surface area contributed by atoms with Gasteiger partial charge in [0.05, 0.1) is 12.0 Å². The van der Waals surface area contributed by atoms with Crippen molar-refractivity contribution in [3.63, 3.8) is 0 Å². The second-order valence-corrected chi connectivity index (χ2v) is 5.31. The fourth-order valence-electron chi connectivity index (χ4n) is 2.70. The Kier molecular flexibility index (Phi) is 5.11. The lowest BCUT2D eigenvalue weighted by molar-refractivity contribution is -0.122. The lowest BCUT2D eigenvalue weighted by Crippen LogP contribution is -2.36. The zero-order valence-corrected chi connectivity index (χ0v) is 11.4. The third kappa shape index (κ3) is 3.80. The van der Waals surface area contributed by atoms with Crippen molar-refractivity contribution in [3.05, 3.63) is 35.6 Å². The molecule has 1 aromatic rings. The summed E-state index contributed by atoms with van der Waals surface area (Å²) < 4.78 is 13.7. The van der Waals surface area contributed by atoms with Crippen molar-refractivity contribution < 1.29 is 9.18 Å². The molecule has 1 amide bonds. The molecule has 1 aromatic carbocycles. The second-order valence-electron chi connectivity index (χ2n) is 5.31. The van der Waals surface area contributed by atoms with E-state index < -0.39 is 11.7 Å². The monoisotopic (exact) mass is 274 g/mol. The number of nitriles is 1. The minimum absolute atomic E-state index is 0.0218. The zero-order chi connectivity index (χ0) is 14.4. The summed E-state index contributed by atoms with van der Waals surface area (Å²) >= 11 is 0. The van der Waals surface area contributed by atoms with Gasteiger partial charge >= 0.3 is 0 Å².